The van der Waals surface area contributed by atoms with Crippen molar-refractivity contribution in [1.29, 1.82) is 0 Å². The van der Waals surface area contributed by atoms with Crippen LogP contribution >= 0.6 is 11.6 Å². The zero-order chi connectivity index (χ0) is 13.1. The molecule has 0 aliphatic carbocycles. The van der Waals surface area contributed by atoms with Gasteiger partial charge >= 0.3 is 0 Å². The first-order valence-corrected chi connectivity index (χ1v) is 6.32. The maximum absolute atomic E-state index is 12.9. The lowest BCUT2D eigenvalue weighted by Crippen LogP contribution is -2.20. The molecule has 0 amide bonds. The molecule has 1 unspecified atom stereocenters. The second-order valence-electron chi connectivity index (χ2n) is 5.50. The number of aryl methyl sites for hydroxylation is 1. The van der Waals surface area contributed by atoms with Gasteiger partial charge in [0.15, 0.2) is 0 Å². The van der Waals surface area contributed by atoms with Crippen LogP contribution in [0, 0.1) is 17.0 Å². The average Bonchev–Trinajstić information content (AvgIpc) is 2.14. The monoisotopic (exact) mass is 260 g/mol. The molecule has 0 nitrogen and oxygen atoms in total. The van der Waals surface area contributed by atoms with Crippen LogP contribution in [0.25, 0.3) is 0 Å². The van der Waals surface area contributed by atoms with Crippen LogP contribution in [-0.2, 0) is 6.42 Å². The minimum Gasteiger partial charge on any atom is -0.207 e. The Bertz CT molecular complexity index is 349. The molecule has 0 saturated carbocycles. The van der Waals surface area contributed by atoms with E-state index < -0.39 is 11.6 Å². The lowest BCUT2D eigenvalue weighted by molar-refractivity contribution is 0.368. The summed E-state index contributed by atoms with van der Waals surface area (Å²) in [5, 5.41) is 0.0842. The molecule has 0 N–H and O–H groups in total. The topological polar surface area (TPSA) is 0 Å². The van der Waals surface area contributed by atoms with Gasteiger partial charge in [-0.3, -0.25) is 0 Å². The Labute approximate surface area is 107 Å². The number of hydrogen-bond donors (Lipinski definition) is 0. The molecule has 0 aromatic heterocycles. The van der Waals surface area contributed by atoms with Gasteiger partial charge < -0.3 is 0 Å². The van der Waals surface area contributed by atoms with Crippen molar-refractivity contribution in [3.8, 4) is 0 Å². The van der Waals surface area contributed by atoms with Gasteiger partial charge in [0.05, 0.1) is 0 Å². The van der Waals surface area contributed by atoms with Gasteiger partial charge in [-0.25, -0.2) is 8.78 Å². The molecule has 1 rings (SSSR count). The molecular weight excluding hydrogens is 242 g/mol. The minimum atomic E-state index is -0.516. The van der Waals surface area contributed by atoms with Crippen molar-refractivity contribution in [2.24, 2.45) is 5.41 Å². The first-order chi connectivity index (χ1) is 7.79. The predicted octanol–water partition coefficient (Wildman–Crippen LogP) is 4.94. The highest BCUT2D eigenvalue weighted by Gasteiger charge is 2.21. The Balaban J connectivity index is 2.46. The van der Waals surface area contributed by atoms with E-state index in [2.05, 4.69) is 20.8 Å². The molecule has 0 heterocycles. The summed E-state index contributed by atoms with van der Waals surface area (Å²) in [5.74, 6) is -1.03. The SMILES string of the molecule is CC(C)(C)C(Cl)CCCc1cc(F)cc(F)c1. The maximum Gasteiger partial charge on any atom is 0.126 e. The Morgan fingerprint density at radius 2 is 1.65 bits per heavy atom. The van der Waals surface area contributed by atoms with Crippen LogP contribution in [0.15, 0.2) is 18.2 Å². The molecule has 1 aromatic rings. The van der Waals surface area contributed by atoms with E-state index in [1.165, 1.54) is 12.1 Å². The number of halogens is 3. The number of rotatable bonds is 4. The lowest BCUT2D eigenvalue weighted by atomic mass is 9.88. The number of hydrogen-bond acceptors (Lipinski definition) is 0. The fourth-order valence-electron chi connectivity index (χ4n) is 1.67. The fourth-order valence-corrected chi connectivity index (χ4v) is 1.83. The zero-order valence-electron chi connectivity index (χ0n) is 10.6. The van der Waals surface area contributed by atoms with E-state index in [0.717, 1.165) is 18.9 Å². The van der Waals surface area contributed by atoms with Crippen molar-refractivity contribution in [1.82, 2.24) is 0 Å². The van der Waals surface area contributed by atoms with E-state index in [0.29, 0.717) is 12.0 Å². The Morgan fingerprint density at radius 1 is 1.12 bits per heavy atom. The summed E-state index contributed by atoms with van der Waals surface area (Å²) in [6, 6.07) is 3.65. The molecule has 3 heteroatoms. The van der Waals surface area contributed by atoms with Crippen LogP contribution in [0.1, 0.15) is 39.2 Å². The zero-order valence-corrected chi connectivity index (χ0v) is 11.3. The molecule has 0 saturated heterocycles. The Hall–Kier alpha value is -0.630. The van der Waals surface area contributed by atoms with E-state index in [9.17, 15) is 8.78 Å². The molecule has 1 atom stereocenters. The van der Waals surface area contributed by atoms with Crippen LogP contribution in [0.2, 0.25) is 0 Å². The molecule has 96 valence electrons. The molecule has 1 aromatic carbocycles. The van der Waals surface area contributed by atoms with Crippen molar-refractivity contribution in [2.75, 3.05) is 0 Å². The summed E-state index contributed by atoms with van der Waals surface area (Å²) in [6.45, 7) is 6.27. The van der Waals surface area contributed by atoms with Crippen molar-refractivity contribution in [3.05, 3.63) is 35.4 Å². The molecule has 0 spiro atoms. The van der Waals surface area contributed by atoms with Crippen molar-refractivity contribution in [3.63, 3.8) is 0 Å². The van der Waals surface area contributed by atoms with Crippen LogP contribution in [-0.4, -0.2) is 5.38 Å². The lowest BCUT2D eigenvalue weighted by Gasteiger charge is -2.24. The smallest absolute Gasteiger partial charge is 0.126 e. The minimum absolute atomic E-state index is 0.0642. The highest BCUT2D eigenvalue weighted by Crippen LogP contribution is 2.28. The van der Waals surface area contributed by atoms with Crippen LogP contribution in [0.4, 0.5) is 8.78 Å². The van der Waals surface area contributed by atoms with Gasteiger partial charge in [0.2, 0.25) is 0 Å². The Kier molecular flexibility index (Phi) is 4.93. The van der Waals surface area contributed by atoms with Gasteiger partial charge in [-0.1, -0.05) is 20.8 Å². The first-order valence-electron chi connectivity index (χ1n) is 5.88. The third-order valence-corrected chi connectivity index (χ3v) is 3.66. The van der Waals surface area contributed by atoms with E-state index in [1.807, 2.05) is 0 Å². The van der Waals surface area contributed by atoms with E-state index in [4.69, 9.17) is 11.6 Å². The van der Waals surface area contributed by atoms with Crippen LogP contribution in [0.3, 0.4) is 0 Å². The second kappa shape index (κ2) is 5.81. The van der Waals surface area contributed by atoms with Gasteiger partial charge in [-0.15, -0.1) is 11.6 Å². The van der Waals surface area contributed by atoms with Gasteiger partial charge in [-0.05, 0) is 42.4 Å². The molecule has 0 radical (unpaired) electrons. The molecule has 0 bridgehead atoms. The highest BCUT2D eigenvalue weighted by atomic mass is 35.5. The predicted molar refractivity (Wildman–Crippen MR) is 68.4 cm³/mol. The van der Waals surface area contributed by atoms with Crippen LogP contribution in [0.5, 0.6) is 0 Å². The van der Waals surface area contributed by atoms with Gasteiger partial charge in [0.25, 0.3) is 0 Å². The Morgan fingerprint density at radius 3 is 2.12 bits per heavy atom. The standard InChI is InChI=1S/C14H19ClF2/c1-14(2,3)13(15)6-4-5-10-7-11(16)9-12(17)8-10/h7-9,13H,4-6H2,1-3H3. The van der Waals surface area contributed by atoms with E-state index in [1.54, 1.807) is 0 Å². The summed E-state index contributed by atoms with van der Waals surface area (Å²) < 4.78 is 25.9. The number of benzene rings is 1. The van der Waals surface area contributed by atoms with Gasteiger partial charge in [-0.2, -0.15) is 0 Å². The molecule has 17 heavy (non-hydrogen) atoms. The van der Waals surface area contributed by atoms with E-state index in [-0.39, 0.29) is 10.8 Å². The molecule has 0 aliphatic rings. The molecular formula is C14H19ClF2. The number of alkyl halides is 1. The second-order valence-corrected chi connectivity index (χ2v) is 6.03. The van der Waals surface area contributed by atoms with Gasteiger partial charge in [0, 0.05) is 11.4 Å². The summed E-state index contributed by atoms with van der Waals surface area (Å²) in [6.07, 6.45) is 2.35. The summed E-state index contributed by atoms with van der Waals surface area (Å²) >= 11 is 6.24. The summed E-state index contributed by atoms with van der Waals surface area (Å²) in [7, 11) is 0. The largest absolute Gasteiger partial charge is 0.207 e. The fraction of sp³-hybridized carbons (Fsp3) is 0.571. The normalized spacial score (nSPS) is 13.8. The van der Waals surface area contributed by atoms with E-state index >= 15 is 0 Å². The quantitative estimate of drug-likeness (QED) is 0.673. The molecule has 0 fully saturated rings. The van der Waals surface area contributed by atoms with Crippen LogP contribution < -0.4 is 0 Å². The van der Waals surface area contributed by atoms with Crippen molar-refractivity contribution in [2.45, 2.75) is 45.4 Å². The van der Waals surface area contributed by atoms with Crippen molar-refractivity contribution >= 4 is 11.6 Å². The van der Waals surface area contributed by atoms with Gasteiger partial charge in [0.1, 0.15) is 11.6 Å². The summed E-state index contributed by atoms with van der Waals surface area (Å²) in [4.78, 5) is 0. The highest BCUT2D eigenvalue weighted by molar-refractivity contribution is 6.21. The summed E-state index contributed by atoms with van der Waals surface area (Å²) in [5.41, 5.74) is 0.759. The van der Waals surface area contributed by atoms with Crippen molar-refractivity contribution < 1.29 is 8.78 Å². The average molecular weight is 261 g/mol. The third kappa shape index (κ3) is 5.03. The first kappa shape index (κ1) is 14.4. The maximum atomic E-state index is 12.9. The third-order valence-electron chi connectivity index (χ3n) is 2.79. The molecule has 0 aliphatic heterocycles.